The molecule has 3 nitrogen and oxygen atoms in total. The van der Waals surface area contributed by atoms with Crippen LogP contribution >= 0.6 is 24.8 Å². The van der Waals surface area contributed by atoms with Crippen LogP contribution < -0.4 is 10.1 Å². The Kier molecular flexibility index (Phi) is 10.3. The zero-order chi connectivity index (χ0) is 22.6. The maximum absolute atomic E-state index is 13.3. The van der Waals surface area contributed by atoms with Crippen molar-refractivity contribution in [1.82, 2.24) is 10.2 Å². The van der Waals surface area contributed by atoms with Crippen LogP contribution in [0.3, 0.4) is 0 Å². The molecule has 1 aliphatic rings. The number of hydrogen-bond donors (Lipinski definition) is 1. The highest BCUT2D eigenvalue weighted by Gasteiger charge is 2.32. The van der Waals surface area contributed by atoms with E-state index in [1.54, 1.807) is 0 Å². The summed E-state index contributed by atoms with van der Waals surface area (Å²) in [6, 6.07) is 24.5. The molecule has 0 aliphatic carbocycles. The van der Waals surface area contributed by atoms with E-state index in [0.29, 0.717) is 24.4 Å². The summed E-state index contributed by atoms with van der Waals surface area (Å²) in [5.74, 6) is 0.624. The van der Waals surface area contributed by atoms with Crippen LogP contribution in [-0.4, -0.2) is 37.7 Å². The van der Waals surface area contributed by atoms with E-state index < -0.39 is 11.7 Å². The third-order valence-electron chi connectivity index (χ3n) is 6.01. The van der Waals surface area contributed by atoms with Gasteiger partial charge >= 0.3 is 6.18 Å². The first-order valence-electron chi connectivity index (χ1n) is 10.8. The van der Waals surface area contributed by atoms with Gasteiger partial charge in [-0.15, -0.1) is 24.8 Å². The summed E-state index contributed by atoms with van der Waals surface area (Å²) in [5, 5.41) is 3.64. The summed E-state index contributed by atoms with van der Waals surface area (Å²) in [6.45, 7) is 2.64. The Bertz CT molecular complexity index is 980. The molecule has 1 unspecified atom stereocenters. The lowest BCUT2D eigenvalue weighted by Gasteiger charge is -2.38. The maximum atomic E-state index is 13.3. The van der Waals surface area contributed by atoms with Gasteiger partial charge in [0.1, 0.15) is 5.75 Å². The van der Waals surface area contributed by atoms with Gasteiger partial charge in [0.2, 0.25) is 0 Å². The number of benzene rings is 3. The van der Waals surface area contributed by atoms with Crippen molar-refractivity contribution in [3.05, 3.63) is 101 Å². The number of methoxy groups -OCH3 is 1. The number of piperazine rings is 1. The van der Waals surface area contributed by atoms with Crippen molar-refractivity contribution < 1.29 is 17.9 Å². The average molecular weight is 513 g/mol. The van der Waals surface area contributed by atoms with E-state index in [4.69, 9.17) is 4.74 Å². The Hall–Kier alpha value is -2.25. The van der Waals surface area contributed by atoms with E-state index in [1.165, 1.54) is 30.4 Å². The Morgan fingerprint density at radius 1 is 0.941 bits per heavy atom. The van der Waals surface area contributed by atoms with Crippen molar-refractivity contribution in [3.63, 3.8) is 0 Å². The third-order valence-corrected chi connectivity index (χ3v) is 6.01. The molecule has 1 aliphatic heterocycles. The van der Waals surface area contributed by atoms with Crippen LogP contribution in [0.1, 0.15) is 28.2 Å². The van der Waals surface area contributed by atoms with Crippen molar-refractivity contribution in [2.24, 2.45) is 0 Å². The summed E-state index contributed by atoms with van der Waals surface area (Å²) in [4.78, 5) is 2.21. The minimum atomic E-state index is -4.38. The lowest BCUT2D eigenvalue weighted by molar-refractivity contribution is -0.137. The number of rotatable bonds is 6. The van der Waals surface area contributed by atoms with Crippen LogP contribution in [0.25, 0.3) is 0 Å². The van der Waals surface area contributed by atoms with Gasteiger partial charge in [-0.3, -0.25) is 4.90 Å². The third kappa shape index (κ3) is 6.66. The molecule has 0 radical (unpaired) electrons. The van der Waals surface area contributed by atoms with Gasteiger partial charge < -0.3 is 10.1 Å². The standard InChI is InChI=1S/C26H27F3N2O.2ClH/c1-32-24-13-12-22(26(27,28)29)16-21(24)17-31-15-14-30-23(18-31)25(19-8-4-2-5-9-19)20-10-6-3-7-11-20;;/h2-13,16,23,25,30H,14-15,17-18H2,1H3;2*1H. The molecular weight excluding hydrogens is 484 g/mol. The first-order valence-corrected chi connectivity index (χ1v) is 10.8. The SMILES string of the molecule is COc1ccc(C(F)(F)F)cc1CN1CCNC(C(c2ccccc2)c2ccccc2)C1.Cl.Cl. The molecule has 3 aromatic rings. The average Bonchev–Trinajstić information content (AvgIpc) is 2.80. The van der Waals surface area contributed by atoms with Gasteiger partial charge in [0.15, 0.2) is 0 Å². The second-order valence-electron chi connectivity index (χ2n) is 8.12. The summed E-state index contributed by atoms with van der Waals surface area (Å²) in [5.41, 5.74) is 2.34. The minimum absolute atomic E-state index is 0. The maximum Gasteiger partial charge on any atom is 0.416 e. The molecule has 1 heterocycles. The highest BCUT2D eigenvalue weighted by Crippen LogP contribution is 2.34. The van der Waals surface area contributed by atoms with Gasteiger partial charge in [0.05, 0.1) is 12.7 Å². The van der Waals surface area contributed by atoms with Gasteiger partial charge in [0, 0.05) is 43.7 Å². The second kappa shape index (κ2) is 12.5. The predicted molar refractivity (Wildman–Crippen MR) is 134 cm³/mol. The predicted octanol–water partition coefficient (Wildman–Crippen LogP) is 6.16. The lowest BCUT2D eigenvalue weighted by Crippen LogP contribution is -2.52. The van der Waals surface area contributed by atoms with Crippen molar-refractivity contribution in [2.45, 2.75) is 24.7 Å². The largest absolute Gasteiger partial charge is 0.496 e. The van der Waals surface area contributed by atoms with Gasteiger partial charge in [0.25, 0.3) is 0 Å². The van der Waals surface area contributed by atoms with Crippen LogP contribution in [0, 0.1) is 0 Å². The molecule has 0 spiro atoms. The van der Waals surface area contributed by atoms with Gasteiger partial charge in [-0.25, -0.2) is 0 Å². The monoisotopic (exact) mass is 512 g/mol. The fraction of sp³-hybridized carbons (Fsp3) is 0.308. The van der Waals surface area contributed by atoms with Crippen LogP contribution in [0.5, 0.6) is 5.75 Å². The first-order chi connectivity index (χ1) is 15.5. The van der Waals surface area contributed by atoms with Gasteiger partial charge in [-0.2, -0.15) is 13.2 Å². The molecule has 3 aromatic carbocycles. The Labute approximate surface area is 211 Å². The van der Waals surface area contributed by atoms with E-state index in [1.807, 2.05) is 36.4 Å². The van der Waals surface area contributed by atoms with Gasteiger partial charge in [-0.1, -0.05) is 60.7 Å². The number of nitrogens with one attached hydrogen (secondary N) is 1. The molecule has 4 rings (SSSR count). The molecule has 1 N–H and O–H groups in total. The molecule has 0 bridgehead atoms. The number of alkyl halides is 3. The number of hydrogen-bond acceptors (Lipinski definition) is 3. The summed E-state index contributed by atoms with van der Waals surface area (Å²) in [7, 11) is 1.49. The van der Waals surface area contributed by atoms with Crippen LogP contribution in [0.2, 0.25) is 0 Å². The smallest absolute Gasteiger partial charge is 0.416 e. The molecule has 0 aromatic heterocycles. The molecule has 1 saturated heterocycles. The molecule has 1 fully saturated rings. The van der Waals surface area contributed by atoms with Crippen molar-refractivity contribution in [1.29, 1.82) is 0 Å². The van der Waals surface area contributed by atoms with Crippen molar-refractivity contribution >= 4 is 24.8 Å². The molecule has 0 saturated carbocycles. The number of nitrogens with zero attached hydrogens (tertiary/aromatic N) is 1. The summed E-state index contributed by atoms with van der Waals surface area (Å²) >= 11 is 0. The lowest BCUT2D eigenvalue weighted by atomic mass is 9.84. The first kappa shape index (κ1) is 28.0. The van der Waals surface area contributed by atoms with E-state index in [9.17, 15) is 13.2 Å². The van der Waals surface area contributed by atoms with Crippen LogP contribution in [-0.2, 0) is 12.7 Å². The fourth-order valence-electron chi connectivity index (χ4n) is 4.51. The Morgan fingerprint density at radius 2 is 1.53 bits per heavy atom. The van der Waals surface area contributed by atoms with E-state index in [-0.39, 0.29) is 36.8 Å². The highest BCUT2D eigenvalue weighted by atomic mass is 35.5. The molecule has 0 amide bonds. The molecule has 184 valence electrons. The number of halogens is 5. The zero-order valence-electron chi connectivity index (χ0n) is 18.8. The minimum Gasteiger partial charge on any atom is -0.496 e. The fourth-order valence-corrected chi connectivity index (χ4v) is 4.51. The van der Waals surface area contributed by atoms with Crippen molar-refractivity contribution in [3.8, 4) is 5.75 Å². The van der Waals surface area contributed by atoms with E-state index >= 15 is 0 Å². The van der Waals surface area contributed by atoms with Crippen molar-refractivity contribution in [2.75, 3.05) is 26.7 Å². The zero-order valence-corrected chi connectivity index (χ0v) is 20.4. The Morgan fingerprint density at radius 3 is 2.06 bits per heavy atom. The highest BCUT2D eigenvalue weighted by molar-refractivity contribution is 5.85. The molecule has 34 heavy (non-hydrogen) atoms. The van der Waals surface area contributed by atoms with Crippen LogP contribution in [0.4, 0.5) is 13.2 Å². The molecular formula is C26H29Cl2F3N2O. The normalized spacial score (nSPS) is 16.4. The number of ether oxygens (including phenoxy) is 1. The topological polar surface area (TPSA) is 24.5 Å². The summed E-state index contributed by atoms with van der Waals surface area (Å²) < 4.78 is 45.1. The quantitative estimate of drug-likeness (QED) is 0.427. The van der Waals surface area contributed by atoms with Gasteiger partial charge in [-0.05, 0) is 29.3 Å². The molecule has 1 atom stereocenters. The Balaban J connectivity index is 0.00000204. The second-order valence-corrected chi connectivity index (χ2v) is 8.12. The van der Waals surface area contributed by atoms with E-state index in [2.05, 4.69) is 34.5 Å². The van der Waals surface area contributed by atoms with E-state index in [0.717, 1.165) is 19.2 Å². The molecule has 8 heteroatoms. The summed E-state index contributed by atoms with van der Waals surface area (Å²) in [6.07, 6.45) is -4.38. The van der Waals surface area contributed by atoms with Crippen LogP contribution in [0.15, 0.2) is 78.9 Å².